The standard InChI is InChI=1S/C17H24F3N3O2/c1-13-11-22(5-4-21-13)12-14-2-3-15(23-6-8-24-9-7-23)10-16(14)25-17(18,19)20/h2-3,10,13,21H,4-9,11-12H2,1H3. The second kappa shape index (κ2) is 7.80. The first-order valence-electron chi connectivity index (χ1n) is 8.58. The molecule has 5 nitrogen and oxygen atoms in total. The van der Waals surface area contributed by atoms with Gasteiger partial charge in [0, 0.05) is 62.6 Å². The fourth-order valence-electron chi connectivity index (χ4n) is 3.31. The number of rotatable bonds is 4. The lowest BCUT2D eigenvalue weighted by molar-refractivity contribution is -0.275. The molecule has 2 aliphatic heterocycles. The van der Waals surface area contributed by atoms with Gasteiger partial charge in [-0.3, -0.25) is 4.90 Å². The zero-order valence-corrected chi connectivity index (χ0v) is 14.3. The van der Waals surface area contributed by atoms with E-state index >= 15 is 0 Å². The predicted octanol–water partition coefficient (Wildman–Crippen LogP) is 2.22. The molecule has 2 heterocycles. The number of hydrogen-bond acceptors (Lipinski definition) is 5. The first-order valence-corrected chi connectivity index (χ1v) is 8.58. The van der Waals surface area contributed by atoms with Crippen molar-refractivity contribution in [1.82, 2.24) is 10.2 Å². The minimum absolute atomic E-state index is 0.109. The highest BCUT2D eigenvalue weighted by Gasteiger charge is 2.33. The molecule has 1 N–H and O–H groups in total. The van der Waals surface area contributed by atoms with Crippen LogP contribution in [0.25, 0.3) is 0 Å². The molecule has 0 spiro atoms. The smallest absolute Gasteiger partial charge is 0.405 e. The monoisotopic (exact) mass is 359 g/mol. The van der Waals surface area contributed by atoms with Crippen LogP contribution in [0.4, 0.5) is 18.9 Å². The van der Waals surface area contributed by atoms with Gasteiger partial charge in [-0.05, 0) is 13.0 Å². The van der Waals surface area contributed by atoms with Gasteiger partial charge in [-0.15, -0.1) is 13.2 Å². The maximum Gasteiger partial charge on any atom is 0.573 e. The highest BCUT2D eigenvalue weighted by atomic mass is 19.4. The van der Waals surface area contributed by atoms with E-state index < -0.39 is 6.36 Å². The van der Waals surface area contributed by atoms with Crippen molar-refractivity contribution in [2.75, 3.05) is 50.8 Å². The van der Waals surface area contributed by atoms with E-state index in [1.54, 1.807) is 6.07 Å². The Labute approximate surface area is 145 Å². The van der Waals surface area contributed by atoms with Crippen LogP contribution < -0.4 is 15.0 Å². The molecular formula is C17H24F3N3O2. The molecule has 2 aliphatic rings. The summed E-state index contributed by atoms with van der Waals surface area (Å²) in [6.07, 6.45) is -4.70. The minimum atomic E-state index is -4.70. The molecule has 25 heavy (non-hydrogen) atoms. The summed E-state index contributed by atoms with van der Waals surface area (Å²) in [5, 5.41) is 3.33. The molecule has 0 bridgehead atoms. The normalized spacial score (nSPS) is 22.9. The summed E-state index contributed by atoms with van der Waals surface area (Å²) in [5.41, 5.74) is 1.29. The average molecular weight is 359 g/mol. The molecule has 1 aromatic rings. The second-order valence-electron chi connectivity index (χ2n) is 6.53. The molecule has 0 amide bonds. The topological polar surface area (TPSA) is 37.0 Å². The molecule has 3 rings (SSSR count). The molecule has 2 saturated heterocycles. The maximum absolute atomic E-state index is 12.9. The summed E-state index contributed by atoms with van der Waals surface area (Å²) in [4.78, 5) is 4.16. The fourth-order valence-corrected chi connectivity index (χ4v) is 3.31. The molecule has 140 valence electrons. The number of morpholine rings is 1. The number of alkyl halides is 3. The molecule has 0 aromatic heterocycles. The summed E-state index contributed by atoms with van der Waals surface area (Å²) < 4.78 is 48.2. The van der Waals surface area contributed by atoms with Crippen LogP contribution in [-0.4, -0.2) is 63.2 Å². The van der Waals surface area contributed by atoms with Gasteiger partial charge in [0.1, 0.15) is 5.75 Å². The van der Waals surface area contributed by atoms with Crippen LogP contribution in [0.1, 0.15) is 12.5 Å². The minimum Gasteiger partial charge on any atom is -0.405 e. The number of hydrogen-bond donors (Lipinski definition) is 1. The number of nitrogens with zero attached hydrogens (tertiary/aromatic N) is 2. The first kappa shape index (κ1) is 18.3. The Balaban J connectivity index is 1.80. The number of piperazine rings is 1. The Morgan fingerprint density at radius 3 is 2.68 bits per heavy atom. The molecular weight excluding hydrogens is 335 g/mol. The van der Waals surface area contributed by atoms with Gasteiger partial charge in [0.05, 0.1) is 13.2 Å². The van der Waals surface area contributed by atoms with E-state index in [1.165, 1.54) is 6.07 Å². The molecule has 1 aromatic carbocycles. The van der Waals surface area contributed by atoms with Gasteiger partial charge < -0.3 is 19.7 Å². The zero-order valence-electron chi connectivity index (χ0n) is 14.3. The number of nitrogens with one attached hydrogen (secondary N) is 1. The number of ether oxygens (including phenoxy) is 2. The molecule has 8 heteroatoms. The summed E-state index contributed by atoms with van der Waals surface area (Å²) in [6, 6.07) is 5.45. The number of halogens is 3. The van der Waals surface area contributed by atoms with Crippen LogP contribution in [-0.2, 0) is 11.3 Å². The van der Waals surface area contributed by atoms with E-state index in [1.807, 2.05) is 11.0 Å². The average Bonchev–Trinajstić information content (AvgIpc) is 2.56. The van der Waals surface area contributed by atoms with E-state index in [0.717, 1.165) is 25.3 Å². The molecule has 1 unspecified atom stereocenters. The quantitative estimate of drug-likeness (QED) is 0.892. The van der Waals surface area contributed by atoms with Gasteiger partial charge >= 0.3 is 6.36 Å². The van der Waals surface area contributed by atoms with Crippen LogP contribution in [0.2, 0.25) is 0 Å². The lowest BCUT2D eigenvalue weighted by Gasteiger charge is -2.33. The van der Waals surface area contributed by atoms with E-state index in [4.69, 9.17) is 4.74 Å². The van der Waals surface area contributed by atoms with Crippen molar-refractivity contribution in [2.45, 2.75) is 25.9 Å². The molecule has 2 fully saturated rings. The van der Waals surface area contributed by atoms with Crippen LogP contribution in [0.15, 0.2) is 18.2 Å². The second-order valence-corrected chi connectivity index (χ2v) is 6.53. The van der Waals surface area contributed by atoms with Crippen LogP contribution in [0.3, 0.4) is 0 Å². The van der Waals surface area contributed by atoms with Crippen LogP contribution in [0.5, 0.6) is 5.75 Å². The van der Waals surface area contributed by atoms with Gasteiger partial charge in [0.2, 0.25) is 0 Å². The number of benzene rings is 1. The van der Waals surface area contributed by atoms with Crippen molar-refractivity contribution in [3.63, 3.8) is 0 Å². The Morgan fingerprint density at radius 1 is 1.24 bits per heavy atom. The zero-order chi connectivity index (χ0) is 17.9. The van der Waals surface area contributed by atoms with E-state index in [9.17, 15) is 13.2 Å². The first-order chi connectivity index (χ1) is 11.9. The molecule has 1 atom stereocenters. The van der Waals surface area contributed by atoms with E-state index in [-0.39, 0.29) is 5.75 Å². The molecule has 0 aliphatic carbocycles. The largest absolute Gasteiger partial charge is 0.573 e. The molecule has 0 radical (unpaired) electrons. The van der Waals surface area contributed by atoms with Crippen molar-refractivity contribution in [3.8, 4) is 5.75 Å². The Hall–Kier alpha value is -1.51. The van der Waals surface area contributed by atoms with Crippen molar-refractivity contribution in [1.29, 1.82) is 0 Å². The predicted molar refractivity (Wildman–Crippen MR) is 88.9 cm³/mol. The number of anilines is 1. The third kappa shape index (κ3) is 5.23. The van der Waals surface area contributed by atoms with Crippen molar-refractivity contribution >= 4 is 5.69 Å². The highest BCUT2D eigenvalue weighted by molar-refractivity contribution is 5.54. The van der Waals surface area contributed by atoms with Crippen molar-refractivity contribution in [2.24, 2.45) is 0 Å². The Bertz CT molecular complexity index is 577. The summed E-state index contributed by atoms with van der Waals surface area (Å²) in [6.45, 7) is 7.45. The summed E-state index contributed by atoms with van der Waals surface area (Å²) in [5.74, 6) is -0.109. The SMILES string of the molecule is CC1CN(Cc2ccc(N3CCOCC3)cc2OC(F)(F)F)CCN1. The van der Waals surface area contributed by atoms with Gasteiger partial charge in [-0.2, -0.15) is 0 Å². The van der Waals surface area contributed by atoms with Gasteiger partial charge in [0.15, 0.2) is 0 Å². The lowest BCUT2D eigenvalue weighted by atomic mass is 10.1. The highest BCUT2D eigenvalue weighted by Crippen LogP contribution is 2.32. The maximum atomic E-state index is 12.9. The van der Waals surface area contributed by atoms with Crippen LogP contribution >= 0.6 is 0 Å². The van der Waals surface area contributed by atoms with Gasteiger partial charge in [-0.1, -0.05) is 6.07 Å². The summed E-state index contributed by atoms with van der Waals surface area (Å²) >= 11 is 0. The summed E-state index contributed by atoms with van der Waals surface area (Å²) in [7, 11) is 0. The van der Waals surface area contributed by atoms with Gasteiger partial charge in [0.25, 0.3) is 0 Å². The van der Waals surface area contributed by atoms with Crippen molar-refractivity contribution in [3.05, 3.63) is 23.8 Å². The van der Waals surface area contributed by atoms with E-state index in [2.05, 4.69) is 21.9 Å². The Kier molecular flexibility index (Phi) is 5.71. The third-order valence-corrected chi connectivity index (χ3v) is 4.50. The van der Waals surface area contributed by atoms with Crippen LogP contribution in [0, 0.1) is 0 Å². The van der Waals surface area contributed by atoms with E-state index in [0.29, 0.717) is 44.5 Å². The third-order valence-electron chi connectivity index (χ3n) is 4.50. The fraction of sp³-hybridized carbons (Fsp3) is 0.647. The molecule has 0 saturated carbocycles. The Morgan fingerprint density at radius 2 is 2.00 bits per heavy atom. The van der Waals surface area contributed by atoms with Crippen molar-refractivity contribution < 1.29 is 22.6 Å². The van der Waals surface area contributed by atoms with Gasteiger partial charge in [-0.25, -0.2) is 0 Å². The lowest BCUT2D eigenvalue weighted by Crippen LogP contribution is -2.48.